The van der Waals surface area contributed by atoms with Crippen molar-refractivity contribution < 1.29 is 9.53 Å². The summed E-state index contributed by atoms with van der Waals surface area (Å²) in [5.74, 6) is 0.492. The van der Waals surface area contributed by atoms with Crippen molar-refractivity contribution in [2.75, 3.05) is 18.4 Å². The van der Waals surface area contributed by atoms with E-state index >= 15 is 0 Å². The van der Waals surface area contributed by atoms with E-state index < -0.39 is 5.60 Å². The maximum absolute atomic E-state index is 12.1. The number of amides is 1. The largest absolute Gasteiger partial charge is 0.444 e. The van der Waals surface area contributed by atoms with Gasteiger partial charge in [-0.3, -0.25) is 0 Å². The van der Waals surface area contributed by atoms with Crippen molar-refractivity contribution in [2.24, 2.45) is 0 Å². The number of hydrogen-bond donors (Lipinski definition) is 1. The molecule has 1 aliphatic rings. The third-order valence-corrected chi connectivity index (χ3v) is 3.70. The van der Waals surface area contributed by atoms with E-state index in [1.807, 2.05) is 27.7 Å². The first-order valence-electron chi connectivity index (χ1n) is 7.48. The molecule has 6 nitrogen and oxygen atoms in total. The van der Waals surface area contributed by atoms with Crippen LogP contribution in [0.5, 0.6) is 0 Å². The molecule has 0 saturated carbocycles. The molecule has 1 aliphatic heterocycles. The molecule has 0 radical (unpaired) electrons. The molecular formula is C15H23ClN4O2. The first-order chi connectivity index (χ1) is 10.2. The SMILES string of the molecule is Cc1cnc(N[C@@H]2CCCN(C(=O)OC(C)(C)C)C2)nc1Cl. The Morgan fingerprint density at radius 1 is 1.50 bits per heavy atom. The van der Waals surface area contributed by atoms with Crippen LogP contribution >= 0.6 is 11.6 Å². The fourth-order valence-electron chi connectivity index (χ4n) is 2.26. The highest BCUT2D eigenvalue weighted by Gasteiger charge is 2.27. The van der Waals surface area contributed by atoms with Gasteiger partial charge in [0.1, 0.15) is 10.8 Å². The van der Waals surface area contributed by atoms with Crippen LogP contribution in [-0.2, 0) is 4.74 Å². The quantitative estimate of drug-likeness (QED) is 0.845. The number of anilines is 1. The number of aryl methyl sites for hydroxylation is 1. The summed E-state index contributed by atoms with van der Waals surface area (Å²) in [6.07, 6.45) is 3.28. The normalized spacial score (nSPS) is 19.0. The number of rotatable bonds is 2. The van der Waals surface area contributed by atoms with E-state index in [-0.39, 0.29) is 12.1 Å². The fourth-order valence-corrected chi connectivity index (χ4v) is 2.39. The highest BCUT2D eigenvalue weighted by molar-refractivity contribution is 6.30. The first kappa shape index (κ1) is 16.8. The molecule has 0 bridgehead atoms. The maximum atomic E-state index is 12.1. The van der Waals surface area contributed by atoms with E-state index in [2.05, 4.69) is 15.3 Å². The number of ether oxygens (including phenoxy) is 1. The summed E-state index contributed by atoms with van der Waals surface area (Å²) in [7, 11) is 0. The molecule has 1 amide bonds. The Balaban J connectivity index is 1.95. The number of aromatic nitrogens is 2. The highest BCUT2D eigenvalue weighted by Crippen LogP contribution is 2.18. The molecule has 2 rings (SSSR count). The summed E-state index contributed by atoms with van der Waals surface area (Å²) >= 11 is 6.01. The Morgan fingerprint density at radius 2 is 2.23 bits per heavy atom. The molecule has 1 aromatic heterocycles. The second-order valence-electron chi connectivity index (χ2n) is 6.58. The Labute approximate surface area is 136 Å². The molecule has 0 aromatic carbocycles. The molecule has 1 saturated heterocycles. The van der Waals surface area contributed by atoms with E-state index in [0.29, 0.717) is 24.2 Å². The number of carbonyl (C=O) groups excluding carboxylic acids is 1. The van der Waals surface area contributed by atoms with Crippen LogP contribution in [-0.4, -0.2) is 45.7 Å². The monoisotopic (exact) mass is 326 g/mol. The minimum atomic E-state index is -0.481. The van der Waals surface area contributed by atoms with E-state index in [1.165, 1.54) is 0 Å². The Morgan fingerprint density at radius 3 is 2.86 bits per heavy atom. The lowest BCUT2D eigenvalue weighted by Gasteiger charge is -2.34. The van der Waals surface area contributed by atoms with Gasteiger partial charge in [0.15, 0.2) is 0 Å². The number of carbonyl (C=O) groups is 1. The molecule has 1 aromatic rings. The third kappa shape index (κ3) is 4.73. The molecule has 22 heavy (non-hydrogen) atoms. The average molecular weight is 327 g/mol. The van der Waals surface area contributed by atoms with Crippen LogP contribution in [0.25, 0.3) is 0 Å². The molecule has 2 heterocycles. The Kier molecular flexibility index (Phi) is 5.11. The number of hydrogen-bond acceptors (Lipinski definition) is 5. The average Bonchev–Trinajstić information content (AvgIpc) is 2.41. The van der Waals surface area contributed by atoms with Crippen molar-refractivity contribution in [3.8, 4) is 0 Å². The summed E-state index contributed by atoms with van der Waals surface area (Å²) in [6.45, 7) is 8.75. The highest BCUT2D eigenvalue weighted by atomic mass is 35.5. The van der Waals surface area contributed by atoms with Gasteiger partial charge in [-0.15, -0.1) is 0 Å². The van der Waals surface area contributed by atoms with Gasteiger partial charge in [0, 0.05) is 30.9 Å². The molecule has 1 N–H and O–H groups in total. The van der Waals surface area contributed by atoms with Crippen molar-refractivity contribution in [1.29, 1.82) is 0 Å². The standard InChI is InChI=1S/C15H23ClN4O2/c1-10-8-17-13(19-12(10)16)18-11-6-5-7-20(9-11)14(21)22-15(2,3)4/h8,11H,5-7,9H2,1-4H3,(H,17,18,19)/t11-/m1/s1. The van der Waals surface area contributed by atoms with Crippen LogP contribution in [0.3, 0.4) is 0 Å². The van der Waals surface area contributed by atoms with Crippen molar-refractivity contribution in [1.82, 2.24) is 14.9 Å². The predicted octanol–water partition coefficient (Wildman–Crippen LogP) is 3.25. The number of piperidine rings is 1. The van der Waals surface area contributed by atoms with Gasteiger partial charge in [-0.1, -0.05) is 11.6 Å². The van der Waals surface area contributed by atoms with Gasteiger partial charge in [0.2, 0.25) is 5.95 Å². The van der Waals surface area contributed by atoms with Crippen molar-refractivity contribution in [2.45, 2.75) is 52.2 Å². The lowest BCUT2D eigenvalue weighted by Crippen LogP contribution is -2.47. The van der Waals surface area contributed by atoms with Crippen molar-refractivity contribution >= 4 is 23.6 Å². The van der Waals surface area contributed by atoms with Crippen LogP contribution in [0.2, 0.25) is 5.15 Å². The van der Waals surface area contributed by atoms with Gasteiger partial charge in [-0.05, 0) is 40.5 Å². The fraction of sp³-hybridized carbons (Fsp3) is 0.667. The molecular weight excluding hydrogens is 304 g/mol. The molecule has 0 unspecified atom stereocenters. The van der Waals surface area contributed by atoms with Gasteiger partial charge in [-0.2, -0.15) is 0 Å². The maximum Gasteiger partial charge on any atom is 0.410 e. The topological polar surface area (TPSA) is 67.4 Å². The molecule has 1 atom stereocenters. The molecule has 7 heteroatoms. The second-order valence-corrected chi connectivity index (χ2v) is 6.94. The van der Waals surface area contributed by atoms with Gasteiger partial charge >= 0.3 is 6.09 Å². The van der Waals surface area contributed by atoms with Gasteiger partial charge in [0.25, 0.3) is 0 Å². The Hall–Kier alpha value is -1.56. The van der Waals surface area contributed by atoms with Crippen molar-refractivity contribution in [3.05, 3.63) is 16.9 Å². The zero-order valence-corrected chi connectivity index (χ0v) is 14.3. The molecule has 1 fully saturated rings. The zero-order valence-electron chi connectivity index (χ0n) is 13.5. The summed E-state index contributed by atoms with van der Waals surface area (Å²) in [5.41, 5.74) is 0.358. The lowest BCUT2D eigenvalue weighted by atomic mass is 10.1. The molecule has 0 spiro atoms. The Bertz CT molecular complexity index is 545. The van der Waals surface area contributed by atoms with Crippen LogP contribution in [0, 0.1) is 6.92 Å². The summed E-state index contributed by atoms with van der Waals surface area (Å²) in [6, 6.07) is 0.0973. The number of nitrogens with zero attached hydrogens (tertiary/aromatic N) is 3. The van der Waals surface area contributed by atoms with Crippen LogP contribution in [0.15, 0.2) is 6.20 Å². The van der Waals surface area contributed by atoms with E-state index in [9.17, 15) is 4.79 Å². The summed E-state index contributed by atoms with van der Waals surface area (Å²) in [4.78, 5) is 22.3. The number of halogens is 1. The molecule has 122 valence electrons. The van der Waals surface area contributed by atoms with Crippen LogP contribution in [0.1, 0.15) is 39.2 Å². The first-order valence-corrected chi connectivity index (χ1v) is 7.86. The minimum Gasteiger partial charge on any atom is -0.444 e. The van der Waals surface area contributed by atoms with E-state index in [4.69, 9.17) is 16.3 Å². The van der Waals surface area contributed by atoms with E-state index in [0.717, 1.165) is 18.4 Å². The zero-order chi connectivity index (χ0) is 16.3. The van der Waals surface area contributed by atoms with E-state index in [1.54, 1.807) is 11.1 Å². The number of likely N-dealkylation sites (tertiary alicyclic amines) is 1. The summed E-state index contributed by atoms with van der Waals surface area (Å²) in [5, 5.41) is 3.68. The van der Waals surface area contributed by atoms with Crippen LogP contribution < -0.4 is 5.32 Å². The minimum absolute atomic E-state index is 0.0973. The molecule has 0 aliphatic carbocycles. The van der Waals surface area contributed by atoms with Crippen LogP contribution in [0.4, 0.5) is 10.7 Å². The smallest absolute Gasteiger partial charge is 0.410 e. The van der Waals surface area contributed by atoms with Crippen molar-refractivity contribution in [3.63, 3.8) is 0 Å². The van der Waals surface area contributed by atoms with Gasteiger partial charge in [0.05, 0.1) is 0 Å². The number of nitrogens with one attached hydrogen (secondary N) is 1. The third-order valence-electron chi connectivity index (χ3n) is 3.32. The van der Waals surface area contributed by atoms with Gasteiger partial charge in [-0.25, -0.2) is 14.8 Å². The lowest BCUT2D eigenvalue weighted by molar-refractivity contribution is 0.0206. The second kappa shape index (κ2) is 6.69. The summed E-state index contributed by atoms with van der Waals surface area (Å²) < 4.78 is 5.42. The van der Waals surface area contributed by atoms with Gasteiger partial charge < -0.3 is 15.0 Å². The predicted molar refractivity (Wildman–Crippen MR) is 86.2 cm³/mol.